The molecule has 0 aliphatic heterocycles. The molecular formula is C11H20N4O2. The van der Waals surface area contributed by atoms with E-state index in [9.17, 15) is 4.79 Å². The first-order chi connectivity index (χ1) is 8.07. The van der Waals surface area contributed by atoms with Gasteiger partial charge in [0.1, 0.15) is 5.69 Å². The molecule has 0 bridgehead atoms. The van der Waals surface area contributed by atoms with Crippen molar-refractivity contribution >= 4 is 11.6 Å². The lowest BCUT2D eigenvalue weighted by atomic mass is 10.2. The Balaban J connectivity index is 2.52. The zero-order chi connectivity index (χ0) is 12.8. The van der Waals surface area contributed by atoms with Crippen LogP contribution >= 0.6 is 0 Å². The van der Waals surface area contributed by atoms with Crippen LogP contribution < -0.4 is 5.73 Å². The number of aliphatic hydroxyl groups excluding tert-OH is 1. The van der Waals surface area contributed by atoms with Crippen LogP contribution in [0.2, 0.25) is 0 Å². The van der Waals surface area contributed by atoms with E-state index in [1.54, 1.807) is 19.0 Å². The molecule has 0 aromatic carbocycles. The Hall–Kier alpha value is -1.56. The van der Waals surface area contributed by atoms with Crippen LogP contribution in [0.5, 0.6) is 0 Å². The van der Waals surface area contributed by atoms with Crippen LogP contribution in [-0.4, -0.2) is 45.9 Å². The van der Waals surface area contributed by atoms with Gasteiger partial charge in [-0.15, -0.1) is 0 Å². The Morgan fingerprint density at radius 2 is 2.24 bits per heavy atom. The maximum Gasteiger partial charge on any atom is 0.274 e. The molecule has 0 aliphatic carbocycles. The van der Waals surface area contributed by atoms with Crippen LogP contribution in [0.15, 0.2) is 6.20 Å². The fourth-order valence-corrected chi connectivity index (χ4v) is 1.64. The predicted octanol–water partition coefficient (Wildman–Crippen LogP) is 0.237. The lowest BCUT2D eigenvalue weighted by Gasteiger charge is -2.17. The van der Waals surface area contributed by atoms with Gasteiger partial charge < -0.3 is 15.7 Å². The lowest BCUT2D eigenvalue weighted by molar-refractivity contribution is 0.0782. The van der Waals surface area contributed by atoms with Crippen LogP contribution in [0.25, 0.3) is 0 Å². The van der Waals surface area contributed by atoms with E-state index in [0.717, 1.165) is 19.3 Å². The van der Waals surface area contributed by atoms with E-state index in [2.05, 4.69) is 5.10 Å². The van der Waals surface area contributed by atoms with E-state index in [1.807, 2.05) is 0 Å². The summed E-state index contributed by atoms with van der Waals surface area (Å²) in [6.07, 6.45) is 4.04. The van der Waals surface area contributed by atoms with Gasteiger partial charge in [-0.2, -0.15) is 5.10 Å². The van der Waals surface area contributed by atoms with E-state index in [-0.39, 0.29) is 12.5 Å². The molecule has 96 valence electrons. The number of carbonyl (C=O) groups excluding carboxylic acids is 1. The number of hydrogen-bond acceptors (Lipinski definition) is 4. The Kier molecular flexibility index (Phi) is 4.96. The molecule has 0 fully saturated rings. The summed E-state index contributed by atoms with van der Waals surface area (Å²) in [5, 5.41) is 12.6. The molecule has 0 aliphatic rings. The van der Waals surface area contributed by atoms with Crippen molar-refractivity contribution in [1.29, 1.82) is 0 Å². The average molecular weight is 240 g/mol. The van der Waals surface area contributed by atoms with Crippen LogP contribution in [0.3, 0.4) is 0 Å². The molecule has 1 aromatic rings. The molecule has 1 heterocycles. The summed E-state index contributed by atoms with van der Waals surface area (Å²) in [5.41, 5.74) is 6.52. The molecule has 0 saturated heterocycles. The van der Waals surface area contributed by atoms with Crippen LogP contribution in [0, 0.1) is 0 Å². The Labute approximate surface area is 101 Å². The van der Waals surface area contributed by atoms with Gasteiger partial charge in [0.05, 0.1) is 11.9 Å². The molecular weight excluding hydrogens is 220 g/mol. The minimum atomic E-state index is -0.119. The van der Waals surface area contributed by atoms with Crippen molar-refractivity contribution in [3.63, 3.8) is 0 Å². The molecule has 0 unspecified atom stereocenters. The molecule has 0 saturated carbocycles. The molecule has 17 heavy (non-hydrogen) atoms. The highest BCUT2D eigenvalue weighted by molar-refractivity contribution is 5.97. The maximum atomic E-state index is 12.0. The zero-order valence-corrected chi connectivity index (χ0v) is 10.4. The topological polar surface area (TPSA) is 84.4 Å². The number of rotatable bonds is 6. The molecule has 6 heteroatoms. The second-order valence-electron chi connectivity index (χ2n) is 4.08. The summed E-state index contributed by atoms with van der Waals surface area (Å²) in [6.45, 7) is 0.857. The molecule has 0 spiro atoms. The summed E-state index contributed by atoms with van der Waals surface area (Å²) in [5.74, 6) is -0.119. The van der Waals surface area contributed by atoms with Gasteiger partial charge in [-0.3, -0.25) is 9.48 Å². The van der Waals surface area contributed by atoms with Gasteiger partial charge in [-0.05, 0) is 19.3 Å². The third-order valence-electron chi connectivity index (χ3n) is 2.67. The van der Waals surface area contributed by atoms with Gasteiger partial charge in [-0.25, -0.2) is 0 Å². The molecule has 1 aromatic heterocycles. The molecule has 1 amide bonds. The number of aryl methyl sites for hydroxylation is 1. The summed E-state index contributed by atoms with van der Waals surface area (Å²) >= 11 is 0. The quantitative estimate of drug-likeness (QED) is 0.697. The van der Waals surface area contributed by atoms with E-state index < -0.39 is 0 Å². The summed E-state index contributed by atoms with van der Waals surface area (Å²) in [6, 6.07) is 0. The molecule has 3 N–H and O–H groups in total. The van der Waals surface area contributed by atoms with Gasteiger partial charge in [0.2, 0.25) is 0 Å². The second-order valence-corrected chi connectivity index (χ2v) is 4.08. The predicted molar refractivity (Wildman–Crippen MR) is 65.5 cm³/mol. The molecule has 0 radical (unpaired) electrons. The average Bonchev–Trinajstić information content (AvgIpc) is 2.63. The molecule has 1 rings (SSSR count). The number of anilines is 1. The fourth-order valence-electron chi connectivity index (χ4n) is 1.64. The van der Waals surface area contributed by atoms with Crippen LogP contribution in [0.1, 0.15) is 29.8 Å². The van der Waals surface area contributed by atoms with Crippen molar-refractivity contribution in [2.45, 2.75) is 19.3 Å². The van der Waals surface area contributed by atoms with Gasteiger partial charge >= 0.3 is 0 Å². The van der Waals surface area contributed by atoms with Crippen molar-refractivity contribution in [3.8, 4) is 0 Å². The lowest BCUT2D eigenvalue weighted by Crippen LogP contribution is -2.30. The van der Waals surface area contributed by atoms with E-state index in [0.29, 0.717) is 17.9 Å². The van der Waals surface area contributed by atoms with Gasteiger partial charge in [0.15, 0.2) is 0 Å². The maximum absolute atomic E-state index is 12.0. The minimum absolute atomic E-state index is 0.119. The number of hydrogen-bond donors (Lipinski definition) is 2. The number of amides is 1. The highest BCUT2D eigenvalue weighted by Crippen LogP contribution is 2.12. The van der Waals surface area contributed by atoms with E-state index in [1.165, 1.54) is 10.9 Å². The van der Waals surface area contributed by atoms with Crippen molar-refractivity contribution in [3.05, 3.63) is 11.9 Å². The first kappa shape index (κ1) is 13.5. The zero-order valence-electron chi connectivity index (χ0n) is 10.4. The van der Waals surface area contributed by atoms with Gasteiger partial charge in [0, 0.05) is 27.2 Å². The standard InChI is InChI=1S/C11H20N4O2/c1-14(6-4-3-5-7-16)11(17)10-9(12)8-13-15(10)2/h8,16H,3-7,12H2,1-2H3. The highest BCUT2D eigenvalue weighted by Gasteiger charge is 2.18. The number of nitrogens with two attached hydrogens (primary N) is 1. The molecule has 0 atom stereocenters. The number of nitrogen functional groups attached to an aromatic ring is 1. The Morgan fingerprint density at radius 1 is 1.53 bits per heavy atom. The van der Waals surface area contributed by atoms with Gasteiger partial charge in [-0.1, -0.05) is 0 Å². The number of aliphatic hydroxyl groups is 1. The van der Waals surface area contributed by atoms with Crippen molar-refractivity contribution < 1.29 is 9.90 Å². The summed E-state index contributed by atoms with van der Waals surface area (Å²) in [7, 11) is 3.44. The number of nitrogens with zero attached hydrogens (tertiary/aromatic N) is 3. The number of unbranched alkanes of at least 4 members (excludes halogenated alkanes) is 2. The largest absolute Gasteiger partial charge is 0.396 e. The SMILES string of the molecule is CN(CCCCCO)C(=O)c1c(N)cnn1C. The Morgan fingerprint density at radius 3 is 2.76 bits per heavy atom. The third kappa shape index (κ3) is 3.45. The first-order valence-corrected chi connectivity index (χ1v) is 5.71. The normalized spacial score (nSPS) is 10.5. The van der Waals surface area contributed by atoms with Gasteiger partial charge in [0.25, 0.3) is 5.91 Å². The Bertz CT molecular complexity index is 356. The highest BCUT2D eigenvalue weighted by atomic mass is 16.2. The van der Waals surface area contributed by atoms with E-state index in [4.69, 9.17) is 10.8 Å². The van der Waals surface area contributed by atoms with E-state index >= 15 is 0 Å². The molecule has 6 nitrogen and oxygen atoms in total. The smallest absolute Gasteiger partial charge is 0.274 e. The second kappa shape index (κ2) is 6.24. The first-order valence-electron chi connectivity index (χ1n) is 5.71. The number of aromatic nitrogens is 2. The number of carbonyl (C=O) groups is 1. The fraction of sp³-hybridized carbons (Fsp3) is 0.636. The monoisotopic (exact) mass is 240 g/mol. The van der Waals surface area contributed by atoms with Crippen LogP contribution in [-0.2, 0) is 7.05 Å². The van der Waals surface area contributed by atoms with Crippen molar-refractivity contribution in [2.24, 2.45) is 7.05 Å². The van der Waals surface area contributed by atoms with Crippen LogP contribution in [0.4, 0.5) is 5.69 Å². The van der Waals surface area contributed by atoms with Crippen molar-refractivity contribution in [1.82, 2.24) is 14.7 Å². The third-order valence-corrected chi connectivity index (χ3v) is 2.67. The minimum Gasteiger partial charge on any atom is -0.396 e. The summed E-state index contributed by atoms with van der Waals surface area (Å²) < 4.78 is 1.49. The van der Waals surface area contributed by atoms with Crippen molar-refractivity contribution in [2.75, 3.05) is 25.9 Å². The summed E-state index contributed by atoms with van der Waals surface area (Å²) in [4.78, 5) is 13.7.